The molecule has 0 spiro atoms. The number of hydrazone groups is 1. The van der Waals surface area contributed by atoms with Gasteiger partial charge in [0.1, 0.15) is 5.71 Å². The molecular weight excluding hydrogens is 186 g/mol. The van der Waals surface area contributed by atoms with Crippen LogP contribution < -0.4 is 5.43 Å². The van der Waals surface area contributed by atoms with Crippen LogP contribution in [0.2, 0.25) is 0 Å². The van der Waals surface area contributed by atoms with E-state index in [-0.39, 0.29) is 0 Å². The first-order valence-corrected chi connectivity index (χ1v) is 4.85. The van der Waals surface area contributed by atoms with Crippen molar-refractivity contribution in [2.75, 3.05) is 12.8 Å². The van der Waals surface area contributed by atoms with Crippen molar-refractivity contribution in [1.82, 2.24) is 5.43 Å². The smallest absolute Gasteiger partial charge is 0.177 e. The number of nitrogens with zero attached hydrogens (tertiary/aromatic N) is 2. The van der Waals surface area contributed by atoms with Crippen LogP contribution in [0.15, 0.2) is 32.9 Å². The van der Waals surface area contributed by atoms with Crippen LogP contribution in [0.1, 0.15) is 5.76 Å². The van der Waals surface area contributed by atoms with Crippen molar-refractivity contribution in [3.05, 3.63) is 24.2 Å². The summed E-state index contributed by atoms with van der Waals surface area (Å²) in [6.45, 7) is 0. The zero-order chi connectivity index (χ0) is 9.10. The number of aliphatic imine (C=N–C) groups is 1. The van der Waals surface area contributed by atoms with Crippen LogP contribution in [-0.2, 0) is 0 Å². The minimum absolute atomic E-state index is 0.799. The van der Waals surface area contributed by atoms with Gasteiger partial charge < -0.3 is 4.42 Å². The molecule has 0 saturated carbocycles. The third-order valence-corrected chi connectivity index (χ3v) is 2.61. The molecule has 1 N–H and O–H groups in total. The number of hydrogen-bond acceptors (Lipinski definition) is 4. The summed E-state index contributed by atoms with van der Waals surface area (Å²) >= 11 is 1.62. The van der Waals surface area contributed by atoms with Crippen LogP contribution >= 0.6 is 11.8 Å². The summed E-state index contributed by atoms with van der Waals surface area (Å²) in [5, 5.41) is 4.99. The maximum atomic E-state index is 5.22. The van der Waals surface area contributed by atoms with Crippen molar-refractivity contribution in [1.29, 1.82) is 0 Å². The predicted molar refractivity (Wildman–Crippen MR) is 54.2 cm³/mol. The molecule has 5 heteroatoms. The molecular formula is C8H9N3OS. The molecule has 0 fully saturated rings. The largest absolute Gasteiger partial charge is 0.463 e. The molecule has 1 aliphatic rings. The standard InChI is InChI=1S/C8H9N3OS/c1-9-8-11-10-6(5-13-8)7-3-2-4-12-7/h2-4H,5H2,1H3,(H,9,11). The fourth-order valence-electron chi connectivity index (χ4n) is 1.00. The fraction of sp³-hybridized carbons (Fsp3) is 0.250. The molecule has 2 rings (SSSR count). The summed E-state index contributed by atoms with van der Waals surface area (Å²) in [4.78, 5) is 3.99. The van der Waals surface area contributed by atoms with Crippen LogP contribution in [0, 0.1) is 0 Å². The summed E-state index contributed by atoms with van der Waals surface area (Å²) in [5.74, 6) is 1.61. The van der Waals surface area contributed by atoms with Crippen LogP contribution in [0.4, 0.5) is 0 Å². The SMILES string of the molecule is CN=C1NN=C(c2ccco2)CS1. The lowest BCUT2D eigenvalue weighted by Gasteiger charge is -2.11. The maximum Gasteiger partial charge on any atom is 0.177 e. The monoisotopic (exact) mass is 195 g/mol. The molecule has 0 bridgehead atoms. The number of amidine groups is 1. The lowest BCUT2D eigenvalue weighted by Crippen LogP contribution is -2.24. The molecule has 2 heterocycles. The highest BCUT2D eigenvalue weighted by Gasteiger charge is 2.13. The van der Waals surface area contributed by atoms with E-state index in [1.807, 2.05) is 12.1 Å². The van der Waals surface area contributed by atoms with Crippen LogP contribution in [0.5, 0.6) is 0 Å². The fourth-order valence-corrected chi connectivity index (χ4v) is 1.72. The van der Waals surface area contributed by atoms with Crippen molar-refractivity contribution in [2.24, 2.45) is 10.1 Å². The molecule has 1 aliphatic heterocycles. The van der Waals surface area contributed by atoms with Gasteiger partial charge in [0.25, 0.3) is 0 Å². The van der Waals surface area contributed by atoms with Gasteiger partial charge in [-0.15, -0.1) is 0 Å². The number of thioether (sulfide) groups is 1. The van der Waals surface area contributed by atoms with Crippen molar-refractivity contribution in [3.63, 3.8) is 0 Å². The first kappa shape index (κ1) is 8.37. The van der Waals surface area contributed by atoms with Crippen LogP contribution in [0.3, 0.4) is 0 Å². The van der Waals surface area contributed by atoms with Crippen molar-refractivity contribution in [2.45, 2.75) is 0 Å². The van der Waals surface area contributed by atoms with Gasteiger partial charge in [0, 0.05) is 12.8 Å². The van der Waals surface area contributed by atoms with Gasteiger partial charge in [-0.2, -0.15) is 5.10 Å². The van der Waals surface area contributed by atoms with E-state index < -0.39 is 0 Å². The summed E-state index contributed by atoms with van der Waals surface area (Å²) < 4.78 is 5.22. The quantitative estimate of drug-likeness (QED) is 0.735. The van der Waals surface area contributed by atoms with E-state index in [0.29, 0.717) is 0 Å². The molecule has 4 nitrogen and oxygen atoms in total. The summed E-state index contributed by atoms with van der Waals surface area (Å²) in [6, 6.07) is 3.75. The van der Waals surface area contributed by atoms with Gasteiger partial charge in [-0.1, -0.05) is 11.8 Å². The Morgan fingerprint density at radius 3 is 3.15 bits per heavy atom. The highest BCUT2D eigenvalue weighted by atomic mass is 32.2. The second kappa shape index (κ2) is 3.66. The number of furan rings is 1. The van der Waals surface area contributed by atoms with Crippen LogP contribution in [0.25, 0.3) is 0 Å². The topological polar surface area (TPSA) is 49.9 Å². The molecule has 0 unspecified atom stereocenters. The van der Waals surface area contributed by atoms with E-state index in [2.05, 4.69) is 15.5 Å². The molecule has 13 heavy (non-hydrogen) atoms. The van der Waals surface area contributed by atoms with E-state index in [4.69, 9.17) is 4.42 Å². The Balaban J connectivity index is 2.16. The second-order valence-electron chi connectivity index (χ2n) is 2.47. The lowest BCUT2D eigenvalue weighted by atomic mass is 10.3. The Morgan fingerprint density at radius 2 is 2.62 bits per heavy atom. The Bertz CT molecular complexity index is 342. The highest BCUT2D eigenvalue weighted by molar-refractivity contribution is 8.14. The van der Waals surface area contributed by atoms with Crippen molar-refractivity contribution < 1.29 is 4.42 Å². The van der Waals surface area contributed by atoms with Gasteiger partial charge in [-0.05, 0) is 12.1 Å². The molecule has 1 aromatic rings. The Morgan fingerprint density at radius 1 is 1.69 bits per heavy atom. The predicted octanol–water partition coefficient (Wildman–Crippen LogP) is 1.31. The molecule has 0 aliphatic carbocycles. The normalized spacial score (nSPS) is 19.8. The zero-order valence-electron chi connectivity index (χ0n) is 7.15. The average Bonchev–Trinajstić information content (AvgIpc) is 2.71. The first-order valence-electron chi connectivity index (χ1n) is 3.86. The Kier molecular flexibility index (Phi) is 2.35. The van der Waals surface area contributed by atoms with E-state index in [1.54, 1.807) is 25.1 Å². The van der Waals surface area contributed by atoms with Gasteiger partial charge in [-0.3, -0.25) is 10.4 Å². The molecule has 0 saturated heterocycles. The molecule has 0 radical (unpaired) electrons. The number of hydrogen-bond donors (Lipinski definition) is 1. The minimum Gasteiger partial charge on any atom is -0.463 e. The van der Waals surface area contributed by atoms with E-state index >= 15 is 0 Å². The van der Waals surface area contributed by atoms with Crippen molar-refractivity contribution in [3.8, 4) is 0 Å². The van der Waals surface area contributed by atoms with Gasteiger partial charge >= 0.3 is 0 Å². The van der Waals surface area contributed by atoms with E-state index in [1.165, 1.54) is 0 Å². The maximum absolute atomic E-state index is 5.22. The molecule has 1 aromatic heterocycles. The molecule has 0 aromatic carbocycles. The molecule has 0 atom stereocenters. The molecule has 0 amide bonds. The number of rotatable bonds is 1. The van der Waals surface area contributed by atoms with E-state index in [9.17, 15) is 0 Å². The highest BCUT2D eigenvalue weighted by Crippen LogP contribution is 2.13. The average molecular weight is 195 g/mol. The zero-order valence-corrected chi connectivity index (χ0v) is 7.97. The summed E-state index contributed by atoms with van der Waals surface area (Å²) in [6.07, 6.45) is 1.64. The Labute approximate surface area is 80.1 Å². The second-order valence-corrected chi connectivity index (χ2v) is 3.43. The van der Waals surface area contributed by atoms with Crippen LogP contribution in [-0.4, -0.2) is 23.7 Å². The van der Waals surface area contributed by atoms with Gasteiger partial charge in [-0.25, -0.2) is 0 Å². The molecule has 68 valence electrons. The van der Waals surface area contributed by atoms with Gasteiger partial charge in [0.05, 0.1) is 6.26 Å². The third-order valence-electron chi connectivity index (χ3n) is 1.64. The number of nitrogens with one attached hydrogen (secondary N) is 1. The van der Waals surface area contributed by atoms with Crippen molar-refractivity contribution >= 4 is 22.6 Å². The lowest BCUT2D eigenvalue weighted by molar-refractivity contribution is 0.556. The van der Waals surface area contributed by atoms with Gasteiger partial charge in [0.2, 0.25) is 0 Å². The summed E-state index contributed by atoms with van der Waals surface area (Å²) in [5.41, 5.74) is 3.77. The van der Waals surface area contributed by atoms with Gasteiger partial charge in [0.15, 0.2) is 10.9 Å². The third kappa shape index (κ3) is 1.75. The summed E-state index contributed by atoms with van der Waals surface area (Å²) in [7, 11) is 1.74. The van der Waals surface area contributed by atoms with E-state index in [0.717, 1.165) is 22.4 Å². The Hall–Kier alpha value is -1.23. The minimum atomic E-state index is 0.799. The first-order chi connectivity index (χ1) is 6.40.